The molecule has 4 nitrogen and oxygen atoms in total. The molecule has 1 aromatic heterocycles. The van der Waals surface area contributed by atoms with Crippen LogP contribution in [0.3, 0.4) is 0 Å². The van der Waals surface area contributed by atoms with Gasteiger partial charge in [0, 0.05) is 11.1 Å². The number of alkyl halides is 3. The Morgan fingerprint density at radius 3 is 2.53 bits per heavy atom. The van der Waals surface area contributed by atoms with E-state index in [0.29, 0.717) is 0 Å². The van der Waals surface area contributed by atoms with E-state index in [9.17, 15) is 22.8 Å². The molecule has 7 heteroatoms. The summed E-state index contributed by atoms with van der Waals surface area (Å²) >= 11 is 0. The van der Waals surface area contributed by atoms with Gasteiger partial charge in [-0.05, 0) is 29.7 Å². The van der Waals surface area contributed by atoms with Gasteiger partial charge in [0.05, 0.1) is 12.0 Å². The van der Waals surface area contributed by atoms with Gasteiger partial charge in [-0.2, -0.15) is 13.2 Å². The van der Waals surface area contributed by atoms with E-state index in [4.69, 9.17) is 5.11 Å². The zero-order chi connectivity index (χ0) is 14.2. The second-order valence-corrected chi connectivity index (χ2v) is 3.99. The van der Waals surface area contributed by atoms with Crippen LogP contribution in [0.25, 0.3) is 10.9 Å². The van der Waals surface area contributed by atoms with Gasteiger partial charge in [-0.3, -0.25) is 9.59 Å². The summed E-state index contributed by atoms with van der Waals surface area (Å²) in [5.74, 6) is -1.23. The predicted molar refractivity (Wildman–Crippen MR) is 60.9 cm³/mol. The van der Waals surface area contributed by atoms with Crippen molar-refractivity contribution in [3.05, 3.63) is 45.7 Å². The van der Waals surface area contributed by atoms with Gasteiger partial charge in [-0.25, -0.2) is 0 Å². The molecule has 0 atom stereocenters. The summed E-state index contributed by atoms with van der Waals surface area (Å²) in [6.07, 6.45) is -5.03. The Hall–Kier alpha value is -2.31. The van der Waals surface area contributed by atoms with Crippen LogP contribution in [0.1, 0.15) is 11.1 Å². The molecule has 0 saturated heterocycles. The summed E-state index contributed by atoms with van der Waals surface area (Å²) in [5, 5.41) is 8.76. The normalized spacial score (nSPS) is 11.7. The van der Waals surface area contributed by atoms with Gasteiger partial charge in [-0.1, -0.05) is 0 Å². The minimum atomic E-state index is -4.49. The highest BCUT2D eigenvalue weighted by Gasteiger charge is 2.30. The first-order chi connectivity index (χ1) is 8.77. The van der Waals surface area contributed by atoms with Gasteiger partial charge in [0.1, 0.15) is 0 Å². The van der Waals surface area contributed by atoms with Crippen molar-refractivity contribution in [3.63, 3.8) is 0 Å². The van der Waals surface area contributed by atoms with E-state index in [2.05, 4.69) is 4.98 Å². The number of rotatable bonds is 2. The molecule has 0 unspecified atom stereocenters. The highest BCUT2D eigenvalue weighted by Crippen LogP contribution is 2.30. The second-order valence-electron chi connectivity index (χ2n) is 3.99. The molecule has 1 heterocycles. The first-order valence-corrected chi connectivity index (χ1v) is 5.22. The standard InChI is InChI=1S/C12H8F3NO3/c13-12(14,15)8-1-2-9-6(4-8)3-7(5-10(17)18)11(19)16-9/h1-4H,5H2,(H,16,19)(H,17,18). The molecule has 19 heavy (non-hydrogen) atoms. The number of hydrogen-bond acceptors (Lipinski definition) is 2. The van der Waals surface area contributed by atoms with Crippen LogP contribution in [-0.2, 0) is 17.4 Å². The Labute approximate surface area is 104 Å². The molecule has 0 amide bonds. The summed E-state index contributed by atoms with van der Waals surface area (Å²) in [6, 6.07) is 4.04. The molecule has 0 spiro atoms. The van der Waals surface area contributed by atoms with E-state index in [1.165, 1.54) is 0 Å². The van der Waals surface area contributed by atoms with Crippen LogP contribution < -0.4 is 5.56 Å². The molecule has 0 aliphatic rings. The molecule has 0 aliphatic heterocycles. The van der Waals surface area contributed by atoms with Crippen LogP contribution in [0.5, 0.6) is 0 Å². The van der Waals surface area contributed by atoms with Crippen molar-refractivity contribution in [2.45, 2.75) is 12.6 Å². The number of nitrogens with one attached hydrogen (secondary N) is 1. The van der Waals surface area contributed by atoms with Gasteiger partial charge < -0.3 is 10.1 Å². The van der Waals surface area contributed by atoms with Gasteiger partial charge in [0.2, 0.25) is 0 Å². The van der Waals surface area contributed by atoms with Crippen molar-refractivity contribution < 1.29 is 23.1 Å². The fraction of sp³-hybridized carbons (Fsp3) is 0.167. The number of hydrogen-bond donors (Lipinski definition) is 2. The van der Waals surface area contributed by atoms with Crippen molar-refractivity contribution in [3.8, 4) is 0 Å². The van der Waals surface area contributed by atoms with Crippen molar-refractivity contribution in [1.29, 1.82) is 0 Å². The molecule has 2 rings (SSSR count). The van der Waals surface area contributed by atoms with Crippen LogP contribution in [0.2, 0.25) is 0 Å². The van der Waals surface area contributed by atoms with E-state index in [-0.39, 0.29) is 16.5 Å². The maximum Gasteiger partial charge on any atom is 0.416 e. The fourth-order valence-electron chi connectivity index (χ4n) is 1.72. The fourth-order valence-corrected chi connectivity index (χ4v) is 1.72. The van der Waals surface area contributed by atoms with Crippen LogP contribution in [0.4, 0.5) is 13.2 Å². The van der Waals surface area contributed by atoms with Gasteiger partial charge in [0.15, 0.2) is 0 Å². The van der Waals surface area contributed by atoms with E-state index in [1.807, 2.05) is 0 Å². The Bertz CT molecular complexity index is 703. The third kappa shape index (κ3) is 2.75. The van der Waals surface area contributed by atoms with E-state index >= 15 is 0 Å². The summed E-state index contributed by atoms with van der Waals surface area (Å²) in [7, 11) is 0. The Balaban J connectivity index is 2.61. The largest absolute Gasteiger partial charge is 0.481 e. The molecule has 0 fully saturated rings. The molecule has 2 N–H and O–H groups in total. The molecule has 0 radical (unpaired) electrons. The molecule has 100 valence electrons. The van der Waals surface area contributed by atoms with E-state index in [1.54, 1.807) is 0 Å². The molecule has 0 saturated carbocycles. The average molecular weight is 271 g/mol. The molecule has 0 aliphatic carbocycles. The maximum absolute atomic E-state index is 12.5. The number of aliphatic carboxylic acids is 1. The zero-order valence-corrected chi connectivity index (χ0v) is 9.41. The summed E-state index contributed by atoms with van der Waals surface area (Å²) in [5.41, 5.74) is -1.32. The monoisotopic (exact) mass is 271 g/mol. The minimum absolute atomic E-state index is 0.0840. The van der Waals surface area contributed by atoms with Crippen molar-refractivity contribution in [2.75, 3.05) is 0 Å². The lowest BCUT2D eigenvalue weighted by Gasteiger charge is -2.08. The van der Waals surface area contributed by atoms with Gasteiger partial charge in [-0.15, -0.1) is 0 Å². The zero-order valence-electron chi connectivity index (χ0n) is 9.41. The highest BCUT2D eigenvalue weighted by atomic mass is 19.4. The first-order valence-electron chi connectivity index (χ1n) is 5.22. The van der Waals surface area contributed by atoms with Crippen molar-refractivity contribution in [2.24, 2.45) is 0 Å². The molecule has 2 aromatic rings. The number of aromatic nitrogens is 1. The topological polar surface area (TPSA) is 70.2 Å². The third-order valence-electron chi connectivity index (χ3n) is 2.59. The number of halogens is 3. The first kappa shape index (κ1) is 13.1. The number of pyridine rings is 1. The van der Waals surface area contributed by atoms with Crippen LogP contribution >= 0.6 is 0 Å². The number of carbonyl (C=O) groups is 1. The Morgan fingerprint density at radius 1 is 1.26 bits per heavy atom. The number of carboxylic acid groups (broad SMARTS) is 1. The number of aromatic amines is 1. The third-order valence-corrected chi connectivity index (χ3v) is 2.59. The van der Waals surface area contributed by atoms with Gasteiger partial charge >= 0.3 is 12.1 Å². The van der Waals surface area contributed by atoms with Crippen molar-refractivity contribution >= 4 is 16.9 Å². The summed E-state index contributed by atoms with van der Waals surface area (Å²) in [4.78, 5) is 24.4. The second kappa shape index (κ2) is 4.42. The number of carboxylic acids is 1. The van der Waals surface area contributed by atoms with E-state index in [0.717, 1.165) is 24.3 Å². The number of benzene rings is 1. The average Bonchev–Trinajstić information content (AvgIpc) is 2.27. The summed E-state index contributed by atoms with van der Waals surface area (Å²) in [6.45, 7) is 0. The van der Waals surface area contributed by atoms with Gasteiger partial charge in [0.25, 0.3) is 5.56 Å². The molecular weight excluding hydrogens is 263 g/mol. The summed E-state index contributed by atoms with van der Waals surface area (Å²) < 4.78 is 37.6. The maximum atomic E-state index is 12.5. The Kier molecular flexibility index (Phi) is 3.05. The van der Waals surface area contributed by atoms with E-state index < -0.39 is 29.7 Å². The Morgan fingerprint density at radius 2 is 1.95 bits per heavy atom. The lowest BCUT2D eigenvalue weighted by Crippen LogP contribution is -2.16. The number of H-pyrrole nitrogens is 1. The highest BCUT2D eigenvalue weighted by molar-refractivity contribution is 5.81. The van der Waals surface area contributed by atoms with Crippen molar-refractivity contribution in [1.82, 2.24) is 4.98 Å². The van der Waals surface area contributed by atoms with Crippen LogP contribution in [0.15, 0.2) is 29.1 Å². The molecule has 1 aromatic carbocycles. The smallest absolute Gasteiger partial charge is 0.416 e. The van der Waals surface area contributed by atoms with Crippen LogP contribution in [-0.4, -0.2) is 16.1 Å². The molecular formula is C12H8F3NO3. The quantitative estimate of drug-likeness (QED) is 0.879. The lowest BCUT2D eigenvalue weighted by molar-refractivity contribution is -0.138. The SMILES string of the molecule is O=C(O)Cc1cc2cc(C(F)(F)F)ccc2[nH]c1=O. The minimum Gasteiger partial charge on any atom is -0.481 e. The lowest BCUT2D eigenvalue weighted by atomic mass is 10.1. The number of fused-ring (bicyclic) bond motifs is 1. The molecule has 0 bridgehead atoms. The van der Waals surface area contributed by atoms with Crippen LogP contribution in [0, 0.1) is 0 Å². The predicted octanol–water partition coefficient (Wildman–Crippen LogP) is 2.17.